The van der Waals surface area contributed by atoms with Gasteiger partial charge in [-0.05, 0) is 61.9 Å². The summed E-state index contributed by atoms with van der Waals surface area (Å²) in [6.45, 7) is 7.99. The minimum atomic E-state index is -0.648. The molecule has 2 saturated carbocycles. The van der Waals surface area contributed by atoms with Gasteiger partial charge in [-0.1, -0.05) is 55.5 Å². The summed E-state index contributed by atoms with van der Waals surface area (Å²) in [5.41, 5.74) is 1.58. The number of nitrogens with zero attached hydrogens (tertiary/aromatic N) is 1. The molecular weight excluding hydrogens is 426 g/mol. The largest absolute Gasteiger partial charge is 0.490 e. The van der Waals surface area contributed by atoms with Gasteiger partial charge in [0.1, 0.15) is 24.6 Å². The van der Waals surface area contributed by atoms with Gasteiger partial charge in [0, 0.05) is 24.4 Å². The quantitative estimate of drug-likeness (QED) is 0.471. The van der Waals surface area contributed by atoms with E-state index in [0.717, 1.165) is 35.8 Å². The molecule has 1 saturated heterocycles. The molecule has 0 bridgehead atoms. The summed E-state index contributed by atoms with van der Waals surface area (Å²) in [6, 6.07) is 14.0. The molecule has 1 N–H and O–H groups in total. The van der Waals surface area contributed by atoms with Crippen LogP contribution in [0.1, 0.15) is 39.0 Å². The molecule has 2 aliphatic carbocycles. The summed E-state index contributed by atoms with van der Waals surface area (Å²) in [7, 11) is 1.97. The lowest BCUT2D eigenvalue weighted by Crippen LogP contribution is -2.46. The second kappa shape index (κ2) is 9.35. The first-order valence-electron chi connectivity index (χ1n) is 12.7. The van der Waals surface area contributed by atoms with Gasteiger partial charge in [-0.25, -0.2) is 0 Å². The van der Waals surface area contributed by atoms with E-state index in [2.05, 4.69) is 30.5 Å². The highest BCUT2D eigenvalue weighted by Crippen LogP contribution is 2.56. The van der Waals surface area contributed by atoms with E-state index >= 15 is 0 Å². The SMILES string of the molecule is C=C1CCC[C@]2(C)C[C@H]3OC(=O)C(CN(C)CC(O)COc4cccc5ccccc45)[C@H]3CC12. The highest BCUT2D eigenvalue weighted by Gasteiger charge is 2.55. The first-order valence-corrected chi connectivity index (χ1v) is 12.7. The van der Waals surface area contributed by atoms with Gasteiger partial charge in [-0.2, -0.15) is 0 Å². The summed E-state index contributed by atoms with van der Waals surface area (Å²) >= 11 is 0. The lowest BCUT2D eigenvalue weighted by atomic mass is 9.55. The van der Waals surface area contributed by atoms with Crippen molar-refractivity contribution in [3.05, 3.63) is 54.6 Å². The number of ether oxygens (including phenoxy) is 2. The van der Waals surface area contributed by atoms with E-state index in [-0.39, 0.29) is 35.9 Å². The fraction of sp³-hybridized carbons (Fsp3) is 0.552. The number of aliphatic hydroxyl groups excluding tert-OH is 1. The molecule has 1 aliphatic heterocycles. The molecule has 0 amide bonds. The van der Waals surface area contributed by atoms with Crippen LogP contribution < -0.4 is 4.74 Å². The number of fused-ring (bicyclic) bond motifs is 3. The number of benzene rings is 2. The lowest BCUT2D eigenvalue weighted by Gasteiger charge is -2.50. The minimum absolute atomic E-state index is 0.0256. The molecule has 2 aromatic rings. The summed E-state index contributed by atoms with van der Waals surface area (Å²) < 4.78 is 11.9. The molecule has 2 aromatic carbocycles. The number of rotatable bonds is 7. The zero-order chi connectivity index (χ0) is 23.9. The van der Waals surface area contributed by atoms with Gasteiger partial charge in [0.05, 0.1) is 5.92 Å². The summed E-state index contributed by atoms with van der Waals surface area (Å²) in [4.78, 5) is 14.9. The number of aliphatic hydroxyl groups is 1. The zero-order valence-corrected chi connectivity index (χ0v) is 20.4. The Balaban J connectivity index is 1.17. The molecule has 0 aromatic heterocycles. The van der Waals surface area contributed by atoms with Crippen molar-refractivity contribution >= 4 is 16.7 Å². The summed E-state index contributed by atoms with van der Waals surface area (Å²) in [5, 5.41) is 12.8. The maximum absolute atomic E-state index is 12.8. The van der Waals surface area contributed by atoms with Crippen LogP contribution in [0.15, 0.2) is 54.6 Å². The highest BCUT2D eigenvalue weighted by molar-refractivity contribution is 5.88. The standard InChI is InChI=1S/C29H37NO4/c1-19-8-7-13-29(2)15-27-23(14-25(19)29)24(28(32)34-27)17-30(3)16-21(31)18-33-26-12-6-10-20-9-4-5-11-22(20)26/h4-6,9-12,21,23-25,27,31H,1,7-8,13-18H2,2-3H3/t21?,23-,24?,25?,27-,29-/m1/s1. The number of esters is 1. The highest BCUT2D eigenvalue weighted by atomic mass is 16.6. The van der Waals surface area contributed by atoms with Crippen LogP contribution in [0, 0.1) is 23.2 Å². The van der Waals surface area contributed by atoms with Gasteiger partial charge in [-0.3, -0.25) is 4.79 Å². The van der Waals surface area contributed by atoms with Crippen molar-refractivity contribution in [3.8, 4) is 5.75 Å². The average Bonchev–Trinajstić information content (AvgIpc) is 3.09. The molecule has 3 unspecified atom stereocenters. The maximum atomic E-state index is 12.8. The van der Waals surface area contributed by atoms with Crippen molar-refractivity contribution in [2.45, 2.75) is 51.2 Å². The van der Waals surface area contributed by atoms with Crippen molar-refractivity contribution < 1.29 is 19.4 Å². The van der Waals surface area contributed by atoms with Crippen LogP contribution in [-0.4, -0.2) is 54.9 Å². The number of hydrogen-bond donors (Lipinski definition) is 1. The molecule has 0 radical (unpaired) electrons. The number of carbonyl (C=O) groups is 1. The first-order chi connectivity index (χ1) is 16.3. The first kappa shape index (κ1) is 23.4. The predicted molar refractivity (Wildman–Crippen MR) is 134 cm³/mol. The third-order valence-electron chi connectivity index (χ3n) is 8.53. The normalized spacial score (nSPS) is 31.8. The van der Waals surface area contributed by atoms with Crippen LogP contribution >= 0.6 is 0 Å². The van der Waals surface area contributed by atoms with E-state index < -0.39 is 6.10 Å². The Labute approximate surface area is 202 Å². The van der Waals surface area contributed by atoms with Crippen molar-refractivity contribution in [2.24, 2.45) is 23.2 Å². The number of allylic oxidation sites excluding steroid dienone is 1. The van der Waals surface area contributed by atoms with Gasteiger partial charge in [0.15, 0.2) is 0 Å². The fourth-order valence-electron chi connectivity index (χ4n) is 6.80. The van der Waals surface area contributed by atoms with E-state index in [9.17, 15) is 9.90 Å². The van der Waals surface area contributed by atoms with Gasteiger partial charge in [-0.15, -0.1) is 0 Å². The number of carbonyl (C=O) groups excluding carboxylic acids is 1. The van der Waals surface area contributed by atoms with E-state index in [1.807, 2.05) is 37.4 Å². The molecule has 5 nitrogen and oxygen atoms in total. The molecule has 3 aliphatic rings. The van der Waals surface area contributed by atoms with E-state index in [0.29, 0.717) is 19.0 Å². The van der Waals surface area contributed by atoms with Gasteiger partial charge < -0.3 is 19.5 Å². The maximum Gasteiger partial charge on any atom is 0.310 e. The van der Waals surface area contributed by atoms with Gasteiger partial charge >= 0.3 is 5.97 Å². The Morgan fingerprint density at radius 1 is 1.26 bits per heavy atom. The Kier molecular flexibility index (Phi) is 6.43. The van der Waals surface area contributed by atoms with E-state index in [4.69, 9.17) is 9.47 Å². The Hall–Kier alpha value is -2.37. The molecule has 5 heteroatoms. The van der Waals surface area contributed by atoms with Crippen molar-refractivity contribution in [1.29, 1.82) is 0 Å². The minimum Gasteiger partial charge on any atom is -0.490 e. The van der Waals surface area contributed by atoms with Crippen molar-refractivity contribution in [3.63, 3.8) is 0 Å². The van der Waals surface area contributed by atoms with Gasteiger partial charge in [0.2, 0.25) is 0 Å². The van der Waals surface area contributed by atoms with Gasteiger partial charge in [0.25, 0.3) is 0 Å². The third-order valence-corrected chi connectivity index (χ3v) is 8.53. The molecule has 34 heavy (non-hydrogen) atoms. The Morgan fingerprint density at radius 2 is 2.06 bits per heavy atom. The molecule has 6 atom stereocenters. The van der Waals surface area contributed by atoms with E-state index in [1.54, 1.807) is 0 Å². The van der Waals surface area contributed by atoms with E-state index in [1.165, 1.54) is 18.4 Å². The molecule has 0 spiro atoms. The smallest absolute Gasteiger partial charge is 0.310 e. The van der Waals surface area contributed by atoms with Crippen molar-refractivity contribution in [1.82, 2.24) is 4.90 Å². The fourth-order valence-corrected chi connectivity index (χ4v) is 6.80. The zero-order valence-electron chi connectivity index (χ0n) is 20.4. The van der Waals surface area contributed by atoms with Crippen LogP contribution in [0.3, 0.4) is 0 Å². The number of likely N-dealkylation sites (N-methyl/N-ethyl adjacent to an activating group) is 1. The topological polar surface area (TPSA) is 59.0 Å². The Bertz CT molecular complexity index is 1060. The number of hydrogen-bond acceptors (Lipinski definition) is 5. The second-order valence-electron chi connectivity index (χ2n) is 11.1. The summed E-state index contributed by atoms with van der Waals surface area (Å²) in [5.74, 6) is 1.30. The molecule has 3 fully saturated rings. The average molecular weight is 464 g/mol. The van der Waals surface area contributed by atoms with Crippen LogP contribution in [0.2, 0.25) is 0 Å². The molecular formula is C29H37NO4. The Morgan fingerprint density at radius 3 is 2.91 bits per heavy atom. The molecule has 1 heterocycles. The molecule has 182 valence electrons. The third kappa shape index (κ3) is 4.48. The van der Waals surface area contributed by atoms with Crippen LogP contribution in [0.4, 0.5) is 0 Å². The lowest BCUT2D eigenvalue weighted by molar-refractivity contribution is -0.146. The van der Waals surface area contributed by atoms with Crippen LogP contribution in [0.25, 0.3) is 10.8 Å². The van der Waals surface area contributed by atoms with Crippen LogP contribution in [-0.2, 0) is 9.53 Å². The second-order valence-corrected chi connectivity index (χ2v) is 11.1. The summed E-state index contributed by atoms with van der Waals surface area (Å²) in [6.07, 6.45) is 4.83. The molecule has 5 rings (SSSR count). The van der Waals surface area contributed by atoms with Crippen LogP contribution in [0.5, 0.6) is 5.75 Å². The van der Waals surface area contributed by atoms with Crippen molar-refractivity contribution in [2.75, 3.05) is 26.7 Å². The monoisotopic (exact) mass is 463 g/mol. The predicted octanol–water partition coefficient (Wildman–Crippen LogP) is 4.83.